The van der Waals surface area contributed by atoms with Crippen LogP contribution in [0.25, 0.3) is 5.57 Å². The number of carboxylic acids is 1. The molecule has 126 valence electrons. The Bertz CT molecular complexity index is 751. The molecule has 0 spiro atoms. The highest BCUT2D eigenvalue weighted by atomic mass is 16.5. The molecule has 0 atom stereocenters. The lowest BCUT2D eigenvalue weighted by molar-refractivity contribution is 0.0690. The highest BCUT2D eigenvalue weighted by Gasteiger charge is 2.18. The Morgan fingerprint density at radius 1 is 1.42 bits per heavy atom. The monoisotopic (exact) mass is 328 g/mol. The lowest BCUT2D eigenvalue weighted by atomic mass is 9.98. The molecule has 0 radical (unpaired) electrons. The maximum absolute atomic E-state index is 10.8. The van der Waals surface area contributed by atoms with Crippen molar-refractivity contribution in [1.82, 2.24) is 9.88 Å². The molecule has 6 heteroatoms. The van der Waals surface area contributed by atoms with Crippen LogP contribution in [-0.4, -0.2) is 40.7 Å². The zero-order chi connectivity index (χ0) is 16.9. The molecule has 24 heavy (non-hydrogen) atoms. The fourth-order valence-electron chi connectivity index (χ4n) is 2.79. The van der Waals surface area contributed by atoms with Gasteiger partial charge in [0.15, 0.2) is 5.69 Å². The van der Waals surface area contributed by atoms with E-state index < -0.39 is 5.97 Å². The summed E-state index contributed by atoms with van der Waals surface area (Å²) in [4.78, 5) is 17.0. The molecule has 0 fully saturated rings. The Morgan fingerprint density at radius 3 is 2.92 bits per heavy atom. The van der Waals surface area contributed by atoms with Crippen LogP contribution in [0.15, 0.2) is 41.0 Å². The SMILES string of the molecule is CCOc1ccccc1C1=CCN(Cc2nc(C(=O)O)co2)CC1. The van der Waals surface area contributed by atoms with E-state index in [1.54, 1.807) is 0 Å². The quantitative estimate of drug-likeness (QED) is 0.878. The summed E-state index contributed by atoms with van der Waals surface area (Å²) in [5, 5.41) is 8.88. The van der Waals surface area contributed by atoms with E-state index in [9.17, 15) is 4.79 Å². The van der Waals surface area contributed by atoms with E-state index in [4.69, 9.17) is 14.3 Å². The molecule has 1 aliphatic rings. The summed E-state index contributed by atoms with van der Waals surface area (Å²) in [6, 6.07) is 8.07. The average Bonchev–Trinajstić information content (AvgIpc) is 3.05. The first-order chi connectivity index (χ1) is 11.7. The number of hydrogen-bond acceptors (Lipinski definition) is 5. The van der Waals surface area contributed by atoms with Gasteiger partial charge in [-0.05, 0) is 25.0 Å². The van der Waals surface area contributed by atoms with Crippen molar-refractivity contribution >= 4 is 11.5 Å². The molecule has 1 aromatic heterocycles. The topological polar surface area (TPSA) is 75.8 Å². The van der Waals surface area contributed by atoms with Crippen LogP contribution in [0.2, 0.25) is 0 Å². The van der Waals surface area contributed by atoms with Crippen LogP contribution in [0.5, 0.6) is 5.75 Å². The number of ether oxygens (including phenoxy) is 1. The summed E-state index contributed by atoms with van der Waals surface area (Å²) in [5.41, 5.74) is 2.36. The molecule has 0 unspecified atom stereocenters. The van der Waals surface area contributed by atoms with Gasteiger partial charge in [0, 0.05) is 18.7 Å². The minimum absolute atomic E-state index is 0.0520. The van der Waals surface area contributed by atoms with Gasteiger partial charge in [0.25, 0.3) is 0 Å². The molecule has 1 N–H and O–H groups in total. The molecule has 0 bridgehead atoms. The van der Waals surface area contributed by atoms with E-state index >= 15 is 0 Å². The lowest BCUT2D eigenvalue weighted by Gasteiger charge is -2.25. The van der Waals surface area contributed by atoms with Crippen molar-refractivity contribution in [3.8, 4) is 5.75 Å². The van der Waals surface area contributed by atoms with Crippen LogP contribution in [0.1, 0.15) is 35.3 Å². The van der Waals surface area contributed by atoms with Crippen molar-refractivity contribution in [1.29, 1.82) is 0 Å². The van der Waals surface area contributed by atoms with Crippen LogP contribution in [-0.2, 0) is 6.54 Å². The number of carboxylic acid groups (broad SMARTS) is 1. The van der Waals surface area contributed by atoms with E-state index in [0.29, 0.717) is 19.0 Å². The minimum Gasteiger partial charge on any atom is -0.493 e. The maximum atomic E-state index is 10.8. The normalized spacial score (nSPS) is 15.1. The van der Waals surface area contributed by atoms with Crippen molar-refractivity contribution in [3.63, 3.8) is 0 Å². The third-order valence-corrected chi connectivity index (χ3v) is 3.96. The standard InChI is InChI=1S/C18H20N2O4/c1-2-23-16-6-4-3-5-14(16)13-7-9-20(10-8-13)11-17-19-15(12-24-17)18(21)22/h3-7,12H,2,8-11H2,1H3,(H,21,22). The Kier molecular flexibility index (Phi) is 4.96. The molecule has 0 amide bonds. The van der Waals surface area contributed by atoms with Crippen molar-refractivity contribution in [2.24, 2.45) is 0 Å². The highest BCUT2D eigenvalue weighted by Crippen LogP contribution is 2.30. The minimum atomic E-state index is -1.07. The van der Waals surface area contributed by atoms with Gasteiger partial charge in [0.05, 0.1) is 13.2 Å². The van der Waals surface area contributed by atoms with Gasteiger partial charge in [-0.15, -0.1) is 0 Å². The fraction of sp³-hybridized carbons (Fsp3) is 0.333. The fourth-order valence-corrected chi connectivity index (χ4v) is 2.79. The van der Waals surface area contributed by atoms with Gasteiger partial charge in [0.2, 0.25) is 5.89 Å². The third-order valence-electron chi connectivity index (χ3n) is 3.96. The summed E-state index contributed by atoms with van der Waals surface area (Å²) in [6.45, 7) is 4.75. The lowest BCUT2D eigenvalue weighted by Crippen LogP contribution is -2.28. The molecule has 3 rings (SSSR count). The summed E-state index contributed by atoms with van der Waals surface area (Å²) < 4.78 is 10.9. The third kappa shape index (κ3) is 3.65. The van der Waals surface area contributed by atoms with Gasteiger partial charge in [-0.25, -0.2) is 9.78 Å². The molecule has 0 saturated carbocycles. The Morgan fingerprint density at radius 2 is 2.25 bits per heavy atom. The number of para-hydroxylation sites is 1. The van der Waals surface area contributed by atoms with Gasteiger partial charge < -0.3 is 14.3 Å². The van der Waals surface area contributed by atoms with E-state index in [0.717, 1.165) is 30.8 Å². The van der Waals surface area contributed by atoms with Crippen LogP contribution >= 0.6 is 0 Å². The van der Waals surface area contributed by atoms with E-state index in [-0.39, 0.29) is 5.69 Å². The first-order valence-corrected chi connectivity index (χ1v) is 7.98. The first-order valence-electron chi connectivity index (χ1n) is 7.98. The second kappa shape index (κ2) is 7.31. The van der Waals surface area contributed by atoms with Gasteiger partial charge in [-0.1, -0.05) is 24.3 Å². The Hall–Kier alpha value is -2.60. The molecule has 2 aromatic rings. The predicted octanol–water partition coefficient (Wildman–Crippen LogP) is 3.06. The van der Waals surface area contributed by atoms with E-state index in [1.165, 1.54) is 11.8 Å². The van der Waals surface area contributed by atoms with Crippen molar-refractivity contribution in [2.75, 3.05) is 19.7 Å². The largest absolute Gasteiger partial charge is 0.493 e. The molecule has 6 nitrogen and oxygen atoms in total. The number of oxazole rings is 1. The van der Waals surface area contributed by atoms with Gasteiger partial charge >= 0.3 is 5.97 Å². The smallest absolute Gasteiger partial charge is 0.357 e. The number of nitrogens with zero attached hydrogens (tertiary/aromatic N) is 2. The summed E-state index contributed by atoms with van der Waals surface area (Å²) in [5.74, 6) is 0.274. The Labute approximate surface area is 140 Å². The summed E-state index contributed by atoms with van der Waals surface area (Å²) in [6.07, 6.45) is 4.26. The number of aromatic carboxylic acids is 1. The van der Waals surface area contributed by atoms with Gasteiger partial charge in [0.1, 0.15) is 12.0 Å². The summed E-state index contributed by atoms with van der Waals surface area (Å²) >= 11 is 0. The second-order valence-electron chi connectivity index (χ2n) is 5.58. The molecule has 0 saturated heterocycles. The molecule has 1 aliphatic heterocycles. The molecule has 1 aromatic carbocycles. The van der Waals surface area contributed by atoms with E-state index in [1.807, 2.05) is 25.1 Å². The molecule has 0 aliphatic carbocycles. The van der Waals surface area contributed by atoms with Crippen LogP contribution in [0, 0.1) is 0 Å². The van der Waals surface area contributed by atoms with Crippen molar-refractivity contribution < 1.29 is 19.1 Å². The number of benzene rings is 1. The predicted molar refractivity (Wildman–Crippen MR) is 88.9 cm³/mol. The highest BCUT2D eigenvalue weighted by molar-refractivity contribution is 5.84. The van der Waals surface area contributed by atoms with Crippen LogP contribution in [0.4, 0.5) is 0 Å². The first kappa shape index (κ1) is 16.3. The zero-order valence-electron chi connectivity index (χ0n) is 13.6. The molecular weight excluding hydrogens is 308 g/mol. The van der Waals surface area contributed by atoms with Crippen LogP contribution in [0.3, 0.4) is 0 Å². The molecule has 2 heterocycles. The van der Waals surface area contributed by atoms with Gasteiger partial charge in [-0.3, -0.25) is 4.90 Å². The van der Waals surface area contributed by atoms with Crippen molar-refractivity contribution in [3.05, 3.63) is 53.8 Å². The average molecular weight is 328 g/mol. The molecular formula is C18H20N2O4. The number of aromatic nitrogens is 1. The van der Waals surface area contributed by atoms with E-state index in [2.05, 4.69) is 22.0 Å². The number of hydrogen-bond donors (Lipinski definition) is 1. The van der Waals surface area contributed by atoms with Gasteiger partial charge in [-0.2, -0.15) is 0 Å². The zero-order valence-corrected chi connectivity index (χ0v) is 13.6. The summed E-state index contributed by atoms with van der Waals surface area (Å²) in [7, 11) is 0. The van der Waals surface area contributed by atoms with Crippen LogP contribution < -0.4 is 4.74 Å². The Balaban J connectivity index is 1.66. The van der Waals surface area contributed by atoms with Crippen molar-refractivity contribution in [2.45, 2.75) is 19.9 Å². The maximum Gasteiger partial charge on any atom is 0.357 e. The number of rotatable bonds is 6. The second-order valence-corrected chi connectivity index (χ2v) is 5.58. The number of carbonyl (C=O) groups is 1.